The summed E-state index contributed by atoms with van der Waals surface area (Å²) in [6, 6.07) is 8.20. The molecule has 1 aromatic carbocycles. The first-order chi connectivity index (χ1) is 13.6. The Morgan fingerprint density at radius 2 is 1.93 bits per heavy atom. The minimum absolute atomic E-state index is 0.170. The zero-order chi connectivity index (χ0) is 19.7. The van der Waals surface area contributed by atoms with Crippen molar-refractivity contribution in [2.45, 2.75) is 45.6 Å². The lowest BCUT2D eigenvalue weighted by molar-refractivity contribution is -0.135. The minimum Gasteiger partial charge on any atom is -0.341 e. The molecule has 3 aromatic rings. The summed E-state index contributed by atoms with van der Waals surface area (Å²) in [6.45, 7) is 7.56. The molecule has 0 bridgehead atoms. The number of rotatable bonds is 4. The fourth-order valence-corrected chi connectivity index (χ4v) is 4.27. The van der Waals surface area contributed by atoms with Crippen LogP contribution in [0, 0.1) is 13.8 Å². The molecule has 0 spiro atoms. The molecule has 3 heterocycles. The summed E-state index contributed by atoms with van der Waals surface area (Å²) in [7, 11) is 0. The second-order valence-electron chi connectivity index (χ2n) is 7.67. The molecule has 1 amide bonds. The van der Waals surface area contributed by atoms with E-state index in [1.807, 2.05) is 35.7 Å². The Bertz CT molecular complexity index is 965. The summed E-state index contributed by atoms with van der Waals surface area (Å²) in [5.41, 5.74) is 4.86. The van der Waals surface area contributed by atoms with Gasteiger partial charge in [0.15, 0.2) is 0 Å². The first-order valence-electron chi connectivity index (χ1n) is 9.93. The molecule has 6 heteroatoms. The van der Waals surface area contributed by atoms with Crippen molar-refractivity contribution in [1.82, 2.24) is 24.6 Å². The van der Waals surface area contributed by atoms with Crippen molar-refractivity contribution in [2.75, 3.05) is 13.1 Å². The Hall–Kier alpha value is -2.89. The first-order valence-corrected chi connectivity index (χ1v) is 9.93. The number of aromatic amines is 1. The van der Waals surface area contributed by atoms with E-state index in [1.54, 1.807) is 6.20 Å². The van der Waals surface area contributed by atoms with Gasteiger partial charge in [-0.2, -0.15) is 5.10 Å². The normalized spacial score (nSPS) is 16.3. The number of amides is 1. The van der Waals surface area contributed by atoms with Crippen LogP contribution in [0.5, 0.6) is 0 Å². The molecule has 1 saturated heterocycles. The van der Waals surface area contributed by atoms with Crippen molar-refractivity contribution < 1.29 is 4.79 Å². The molecule has 1 atom stereocenters. The summed E-state index contributed by atoms with van der Waals surface area (Å²) in [5.74, 6) is 1.44. The SMILES string of the molecule is Cc1ccccc1-c1cn[nH]c1C1CCN(C(=O)C(C)n2ccnc2C)CC1. The second kappa shape index (κ2) is 7.62. The van der Waals surface area contributed by atoms with Crippen LogP contribution in [-0.4, -0.2) is 43.6 Å². The van der Waals surface area contributed by atoms with E-state index in [4.69, 9.17) is 0 Å². The topological polar surface area (TPSA) is 66.8 Å². The van der Waals surface area contributed by atoms with Crippen molar-refractivity contribution in [3.8, 4) is 11.1 Å². The number of aryl methyl sites for hydroxylation is 2. The highest BCUT2D eigenvalue weighted by molar-refractivity contribution is 5.80. The van der Waals surface area contributed by atoms with E-state index in [0.717, 1.165) is 31.8 Å². The number of H-pyrrole nitrogens is 1. The third kappa shape index (κ3) is 3.35. The molecule has 6 nitrogen and oxygen atoms in total. The van der Waals surface area contributed by atoms with Gasteiger partial charge in [-0.3, -0.25) is 9.89 Å². The standard InChI is InChI=1S/C22H27N5O/c1-15-6-4-5-7-19(15)20-14-24-25-21(20)18-8-11-26(12-9-18)22(28)16(2)27-13-10-23-17(27)3/h4-7,10,13-14,16,18H,8-9,11-12H2,1-3H3,(H,24,25). The molecule has 1 N–H and O–H groups in total. The van der Waals surface area contributed by atoms with E-state index in [-0.39, 0.29) is 11.9 Å². The molecular weight excluding hydrogens is 350 g/mol. The molecule has 28 heavy (non-hydrogen) atoms. The van der Waals surface area contributed by atoms with E-state index in [0.29, 0.717) is 5.92 Å². The van der Waals surface area contributed by atoms with Gasteiger partial charge in [0.2, 0.25) is 5.91 Å². The highest BCUT2D eigenvalue weighted by Crippen LogP contribution is 2.35. The summed E-state index contributed by atoms with van der Waals surface area (Å²) in [6.07, 6.45) is 7.45. The third-order valence-corrected chi connectivity index (χ3v) is 5.96. The average Bonchev–Trinajstić information content (AvgIpc) is 3.36. The van der Waals surface area contributed by atoms with Crippen LogP contribution in [0.3, 0.4) is 0 Å². The predicted octanol–water partition coefficient (Wildman–Crippen LogP) is 3.86. The number of hydrogen-bond acceptors (Lipinski definition) is 3. The van der Waals surface area contributed by atoms with E-state index < -0.39 is 0 Å². The number of carbonyl (C=O) groups excluding carboxylic acids is 1. The fraction of sp³-hybridized carbons (Fsp3) is 0.409. The fourth-order valence-electron chi connectivity index (χ4n) is 4.27. The molecule has 1 aliphatic heterocycles. The van der Waals surface area contributed by atoms with Gasteiger partial charge in [-0.05, 0) is 44.7 Å². The zero-order valence-corrected chi connectivity index (χ0v) is 16.7. The maximum absolute atomic E-state index is 12.9. The third-order valence-electron chi connectivity index (χ3n) is 5.96. The summed E-state index contributed by atoms with van der Waals surface area (Å²) >= 11 is 0. The van der Waals surface area contributed by atoms with Gasteiger partial charge >= 0.3 is 0 Å². The van der Waals surface area contributed by atoms with Crippen molar-refractivity contribution in [1.29, 1.82) is 0 Å². The lowest BCUT2D eigenvalue weighted by Crippen LogP contribution is -2.41. The van der Waals surface area contributed by atoms with Crippen LogP contribution in [0.1, 0.15) is 48.8 Å². The van der Waals surface area contributed by atoms with E-state index >= 15 is 0 Å². The van der Waals surface area contributed by atoms with Crippen LogP contribution in [-0.2, 0) is 4.79 Å². The number of carbonyl (C=O) groups is 1. The lowest BCUT2D eigenvalue weighted by Gasteiger charge is -2.34. The van der Waals surface area contributed by atoms with Crippen molar-refractivity contribution in [2.24, 2.45) is 0 Å². The number of nitrogens with one attached hydrogen (secondary N) is 1. The Morgan fingerprint density at radius 1 is 1.18 bits per heavy atom. The van der Waals surface area contributed by atoms with Crippen LogP contribution in [0.25, 0.3) is 11.1 Å². The van der Waals surface area contributed by atoms with Gasteiger partial charge in [0.25, 0.3) is 0 Å². The Morgan fingerprint density at radius 3 is 2.61 bits per heavy atom. The van der Waals surface area contributed by atoms with E-state index in [2.05, 4.69) is 46.4 Å². The van der Waals surface area contributed by atoms with Crippen LogP contribution >= 0.6 is 0 Å². The van der Waals surface area contributed by atoms with Gasteiger partial charge in [-0.15, -0.1) is 0 Å². The van der Waals surface area contributed by atoms with Gasteiger partial charge in [-0.25, -0.2) is 4.98 Å². The highest BCUT2D eigenvalue weighted by Gasteiger charge is 2.29. The second-order valence-corrected chi connectivity index (χ2v) is 7.67. The van der Waals surface area contributed by atoms with Gasteiger partial charge in [0, 0.05) is 42.7 Å². The van der Waals surface area contributed by atoms with E-state index in [1.165, 1.54) is 22.4 Å². The number of hydrogen-bond donors (Lipinski definition) is 1. The number of likely N-dealkylation sites (tertiary alicyclic amines) is 1. The molecule has 1 aliphatic rings. The Kier molecular flexibility index (Phi) is 5.03. The largest absolute Gasteiger partial charge is 0.341 e. The quantitative estimate of drug-likeness (QED) is 0.751. The highest BCUT2D eigenvalue weighted by atomic mass is 16.2. The van der Waals surface area contributed by atoms with Crippen LogP contribution < -0.4 is 0 Å². The molecule has 1 unspecified atom stereocenters. The summed E-state index contributed by atoms with van der Waals surface area (Å²) < 4.78 is 1.94. The molecular formula is C22H27N5O. The van der Waals surface area contributed by atoms with Crippen molar-refractivity contribution in [3.63, 3.8) is 0 Å². The average molecular weight is 377 g/mol. The smallest absolute Gasteiger partial charge is 0.245 e. The molecule has 0 radical (unpaired) electrons. The number of piperidine rings is 1. The van der Waals surface area contributed by atoms with Crippen LogP contribution in [0.2, 0.25) is 0 Å². The maximum Gasteiger partial charge on any atom is 0.245 e. The molecule has 146 valence electrons. The lowest BCUT2D eigenvalue weighted by atomic mass is 9.88. The number of benzene rings is 1. The molecule has 2 aromatic heterocycles. The van der Waals surface area contributed by atoms with Crippen LogP contribution in [0.4, 0.5) is 0 Å². The molecule has 1 fully saturated rings. The zero-order valence-electron chi connectivity index (χ0n) is 16.7. The molecule has 0 saturated carbocycles. The van der Waals surface area contributed by atoms with E-state index in [9.17, 15) is 4.79 Å². The number of nitrogens with zero attached hydrogens (tertiary/aromatic N) is 4. The predicted molar refractivity (Wildman–Crippen MR) is 109 cm³/mol. The Labute approximate surface area is 165 Å². The van der Waals surface area contributed by atoms with Gasteiger partial charge in [0.1, 0.15) is 11.9 Å². The first kappa shape index (κ1) is 18.5. The molecule has 0 aliphatic carbocycles. The monoisotopic (exact) mass is 377 g/mol. The number of aromatic nitrogens is 4. The van der Waals surface area contributed by atoms with Crippen LogP contribution in [0.15, 0.2) is 42.9 Å². The Balaban J connectivity index is 1.46. The van der Waals surface area contributed by atoms with Crippen molar-refractivity contribution in [3.05, 3.63) is 59.9 Å². The summed E-state index contributed by atoms with van der Waals surface area (Å²) in [4.78, 5) is 19.2. The molecule has 4 rings (SSSR count). The van der Waals surface area contributed by atoms with Gasteiger partial charge in [0.05, 0.1) is 6.20 Å². The minimum atomic E-state index is -0.214. The number of imidazole rings is 1. The summed E-state index contributed by atoms with van der Waals surface area (Å²) in [5, 5.41) is 7.56. The van der Waals surface area contributed by atoms with Crippen molar-refractivity contribution >= 4 is 5.91 Å². The maximum atomic E-state index is 12.9. The van der Waals surface area contributed by atoms with Gasteiger partial charge in [-0.1, -0.05) is 24.3 Å². The van der Waals surface area contributed by atoms with Gasteiger partial charge < -0.3 is 9.47 Å².